The lowest BCUT2D eigenvalue weighted by atomic mass is 10.2. The van der Waals surface area contributed by atoms with Gasteiger partial charge in [0.1, 0.15) is 0 Å². The van der Waals surface area contributed by atoms with E-state index in [9.17, 15) is 4.79 Å². The molecule has 5 heteroatoms. The number of carbonyl (C=O) groups excluding carboxylic acids is 1. The third-order valence-electron chi connectivity index (χ3n) is 2.34. The number of hydrogen-bond acceptors (Lipinski definition) is 4. The Morgan fingerprint density at radius 1 is 1.60 bits per heavy atom. The molecule has 1 aliphatic carbocycles. The van der Waals surface area contributed by atoms with Crippen LogP contribution in [0.4, 0.5) is 5.69 Å². The first kappa shape index (κ1) is 9.76. The molecule has 1 amide bonds. The van der Waals surface area contributed by atoms with Crippen molar-refractivity contribution < 1.29 is 9.53 Å². The van der Waals surface area contributed by atoms with Crippen molar-refractivity contribution in [3.05, 3.63) is 17.8 Å². The Kier molecular flexibility index (Phi) is 2.45. The van der Waals surface area contributed by atoms with E-state index in [-0.39, 0.29) is 11.3 Å². The number of amides is 1. The molecule has 80 valence electrons. The van der Waals surface area contributed by atoms with E-state index >= 15 is 0 Å². The Morgan fingerprint density at radius 2 is 2.33 bits per heavy atom. The summed E-state index contributed by atoms with van der Waals surface area (Å²) < 4.78 is 5.40. The molecular formula is C10H13N3O2. The van der Waals surface area contributed by atoms with Crippen molar-refractivity contribution in [2.75, 3.05) is 12.3 Å². The van der Waals surface area contributed by atoms with Crippen LogP contribution in [0.2, 0.25) is 0 Å². The third kappa shape index (κ3) is 2.37. The quantitative estimate of drug-likeness (QED) is 0.754. The van der Waals surface area contributed by atoms with Gasteiger partial charge in [-0.3, -0.25) is 4.79 Å². The highest BCUT2D eigenvalue weighted by molar-refractivity contribution is 5.97. The molecule has 15 heavy (non-hydrogen) atoms. The van der Waals surface area contributed by atoms with Crippen LogP contribution in [0.15, 0.2) is 12.3 Å². The van der Waals surface area contributed by atoms with Gasteiger partial charge in [-0.25, -0.2) is 4.98 Å². The average Bonchev–Trinajstić information content (AvgIpc) is 3.00. The summed E-state index contributed by atoms with van der Waals surface area (Å²) in [5.74, 6) is 0.484. The molecule has 0 aromatic carbocycles. The fourth-order valence-corrected chi connectivity index (χ4v) is 1.23. The van der Waals surface area contributed by atoms with Crippen molar-refractivity contribution in [2.24, 2.45) is 11.7 Å². The van der Waals surface area contributed by atoms with Crippen molar-refractivity contribution in [2.45, 2.75) is 12.8 Å². The van der Waals surface area contributed by atoms with Crippen molar-refractivity contribution in [1.82, 2.24) is 4.98 Å². The number of ether oxygens (including phenoxy) is 1. The van der Waals surface area contributed by atoms with Crippen molar-refractivity contribution in [1.29, 1.82) is 0 Å². The lowest BCUT2D eigenvalue weighted by Gasteiger charge is -2.06. The summed E-state index contributed by atoms with van der Waals surface area (Å²) in [6.07, 6.45) is 3.80. The van der Waals surface area contributed by atoms with Gasteiger partial charge in [0, 0.05) is 6.07 Å². The second kappa shape index (κ2) is 3.76. The Balaban J connectivity index is 2.10. The SMILES string of the molecule is NC(=O)c1cc(OCC2CC2)ncc1N. The van der Waals surface area contributed by atoms with E-state index in [1.165, 1.54) is 25.1 Å². The van der Waals surface area contributed by atoms with Crippen molar-refractivity contribution >= 4 is 11.6 Å². The zero-order chi connectivity index (χ0) is 10.8. The van der Waals surface area contributed by atoms with Crippen LogP contribution in [0, 0.1) is 5.92 Å². The largest absolute Gasteiger partial charge is 0.477 e. The number of nitrogen functional groups attached to an aromatic ring is 1. The first-order valence-corrected chi connectivity index (χ1v) is 4.85. The maximum Gasteiger partial charge on any atom is 0.251 e. The molecular weight excluding hydrogens is 194 g/mol. The lowest BCUT2D eigenvalue weighted by molar-refractivity contribution is 0.100. The van der Waals surface area contributed by atoms with E-state index in [2.05, 4.69) is 4.98 Å². The van der Waals surface area contributed by atoms with Crippen LogP contribution in [0.1, 0.15) is 23.2 Å². The van der Waals surface area contributed by atoms with Gasteiger partial charge in [-0.1, -0.05) is 0 Å². The smallest absolute Gasteiger partial charge is 0.251 e. The van der Waals surface area contributed by atoms with Gasteiger partial charge >= 0.3 is 0 Å². The molecule has 5 nitrogen and oxygen atoms in total. The fourth-order valence-electron chi connectivity index (χ4n) is 1.23. The molecule has 1 fully saturated rings. The van der Waals surface area contributed by atoms with Crippen LogP contribution in [-0.4, -0.2) is 17.5 Å². The first-order valence-electron chi connectivity index (χ1n) is 4.85. The second-order valence-electron chi connectivity index (χ2n) is 3.73. The Labute approximate surface area is 87.4 Å². The number of primary amides is 1. The molecule has 1 heterocycles. The van der Waals surface area contributed by atoms with Gasteiger partial charge in [-0.05, 0) is 18.8 Å². The highest BCUT2D eigenvalue weighted by Crippen LogP contribution is 2.29. The normalized spacial score (nSPS) is 14.9. The summed E-state index contributed by atoms with van der Waals surface area (Å²) in [5, 5.41) is 0. The van der Waals surface area contributed by atoms with Gasteiger partial charge in [0.05, 0.1) is 24.1 Å². The molecule has 0 bridgehead atoms. The van der Waals surface area contributed by atoms with Gasteiger partial charge in [0.15, 0.2) is 0 Å². The van der Waals surface area contributed by atoms with Gasteiger partial charge in [-0.15, -0.1) is 0 Å². The minimum absolute atomic E-state index is 0.260. The summed E-state index contributed by atoms with van der Waals surface area (Å²) in [4.78, 5) is 14.9. The number of rotatable bonds is 4. The first-order chi connectivity index (χ1) is 7.16. The Morgan fingerprint density at radius 3 is 2.93 bits per heavy atom. The average molecular weight is 207 g/mol. The van der Waals surface area contributed by atoms with E-state index < -0.39 is 5.91 Å². The van der Waals surface area contributed by atoms with Gasteiger partial charge < -0.3 is 16.2 Å². The Bertz CT molecular complexity index is 388. The molecule has 0 aliphatic heterocycles. The maximum atomic E-state index is 11.0. The number of aromatic nitrogens is 1. The number of anilines is 1. The molecule has 1 aromatic rings. The minimum atomic E-state index is -0.564. The van der Waals surface area contributed by atoms with E-state index in [1.807, 2.05) is 0 Å². The topological polar surface area (TPSA) is 91.2 Å². The van der Waals surface area contributed by atoms with Gasteiger partial charge in [0.2, 0.25) is 5.88 Å². The fraction of sp³-hybridized carbons (Fsp3) is 0.400. The maximum absolute atomic E-state index is 11.0. The Hall–Kier alpha value is -1.78. The predicted molar refractivity (Wildman–Crippen MR) is 55.4 cm³/mol. The summed E-state index contributed by atoms with van der Waals surface area (Å²) in [6.45, 7) is 0.648. The minimum Gasteiger partial charge on any atom is -0.477 e. The number of hydrogen-bond donors (Lipinski definition) is 2. The molecule has 2 rings (SSSR count). The monoisotopic (exact) mass is 207 g/mol. The van der Waals surface area contributed by atoms with E-state index in [4.69, 9.17) is 16.2 Å². The van der Waals surface area contributed by atoms with E-state index in [0.717, 1.165) is 0 Å². The molecule has 0 atom stereocenters. The number of carbonyl (C=O) groups is 1. The highest BCUT2D eigenvalue weighted by atomic mass is 16.5. The third-order valence-corrected chi connectivity index (χ3v) is 2.34. The van der Waals surface area contributed by atoms with Crippen LogP contribution in [0.5, 0.6) is 5.88 Å². The zero-order valence-electron chi connectivity index (χ0n) is 8.27. The summed E-state index contributed by atoms with van der Waals surface area (Å²) in [7, 11) is 0. The van der Waals surface area contributed by atoms with Gasteiger partial charge in [-0.2, -0.15) is 0 Å². The molecule has 1 aromatic heterocycles. The lowest BCUT2D eigenvalue weighted by Crippen LogP contribution is -2.14. The predicted octanol–water partition coefficient (Wildman–Crippen LogP) is 0.551. The second-order valence-corrected chi connectivity index (χ2v) is 3.73. The summed E-state index contributed by atoms with van der Waals surface area (Å²) in [5.41, 5.74) is 11.2. The van der Waals surface area contributed by atoms with Crippen molar-refractivity contribution in [3.8, 4) is 5.88 Å². The van der Waals surface area contributed by atoms with Crippen LogP contribution in [-0.2, 0) is 0 Å². The number of nitrogens with zero attached hydrogens (tertiary/aromatic N) is 1. The van der Waals surface area contributed by atoms with Crippen LogP contribution in [0.25, 0.3) is 0 Å². The molecule has 1 saturated carbocycles. The summed E-state index contributed by atoms with van der Waals surface area (Å²) in [6, 6.07) is 1.49. The van der Waals surface area contributed by atoms with Gasteiger partial charge in [0.25, 0.3) is 5.91 Å². The molecule has 0 unspecified atom stereocenters. The zero-order valence-corrected chi connectivity index (χ0v) is 8.27. The highest BCUT2D eigenvalue weighted by Gasteiger charge is 2.22. The number of pyridine rings is 1. The molecule has 4 N–H and O–H groups in total. The molecule has 0 saturated heterocycles. The molecule has 0 radical (unpaired) electrons. The van der Waals surface area contributed by atoms with E-state index in [0.29, 0.717) is 18.4 Å². The standard InChI is InChI=1S/C10H13N3O2/c11-8-4-13-9(3-7(8)10(12)14)15-5-6-1-2-6/h3-4,6H,1-2,5,11H2,(H2,12,14). The number of nitrogens with two attached hydrogens (primary N) is 2. The van der Waals surface area contributed by atoms with E-state index in [1.54, 1.807) is 0 Å². The molecule has 1 aliphatic rings. The van der Waals surface area contributed by atoms with Crippen LogP contribution in [0.3, 0.4) is 0 Å². The molecule has 0 spiro atoms. The van der Waals surface area contributed by atoms with Crippen molar-refractivity contribution in [3.63, 3.8) is 0 Å². The summed E-state index contributed by atoms with van der Waals surface area (Å²) >= 11 is 0. The van der Waals surface area contributed by atoms with Crippen LogP contribution < -0.4 is 16.2 Å². The van der Waals surface area contributed by atoms with Crippen LogP contribution >= 0.6 is 0 Å².